The van der Waals surface area contributed by atoms with Gasteiger partial charge in [0.1, 0.15) is 11.6 Å². The molecule has 0 aliphatic carbocycles. The van der Waals surface area contributed by atoms with Crippen molar-refractivity contribution in [3.63, 3.8) is 0 Å². The van der Waals surface area contributed by atoms with Gasteiger partial charge in [0.15, 0.2) is 0 Å². The molecule has 0 radical (unpaired) electrons. The molecule has 6 heteroatoms. The standard InChI is InChI=1S/C18H27N5O/c1-4-16-19-8-11-22(16)10-7-17(24)23-9-5-6-15(13-23)18-20-14(2)12-21(18)3/h8,11-12,15H,4-7,9-10,13H2,1-3H3. The Hall–Kier alpha value is -2.11. The van der Waals surface area contributed by atoms with E-state index in [1.165, 1.54) is 0 Å². The molecule has 1 aliphatic heterocycles. The van der Waals surface area contributed by atoms with Crippen LogP contribution in [0.5, 0.6) is 0 Å². The van der Waals surface area contributed by atoms with E-state index in [1.54, 1.807) is 0 Å². The Bertz CT molecular complexity index is 702. The van der Waals surface area contributed by atoms with Crippen LogP contribution in [0.3, 0.4) is 0 Å². The van der Waals surface area contributed by atoms with Crippen LogP contribution < -0.4 is 0 Å². The summed E-state index contributed by atoms with van der Waals surface area (Å²) < 4.78 is 4.19. The molecule has 1 atom stereocenters. The van der Waals surface area contributed by atoms with Gasteiger partial charge in [-0.1, -0.05) is 6.92 Å². The van der Waals surface area contributed by atoms with Gasteiger partial charge in [-0.2, -0.15) is 0 Å². The summed E-state index contributed by atoms with van der Waals surface area (Å²) in [4.78, 5) is 23.6. The van der Waals surface area contributed by atoms with Gasteiger partial charge in [-0.15, -0.1) is 0 Å². The van der Waals surface area contributed by atoms with Gasteiger partial charge >= 0.3 is 0 Å². The van der Waals surface area contributed by atoms with E-state index < -0.39 is 0 Å². The van der Waals surface area contributed by atoms with E-state index in [0.717, 1.165) is 49.7 Å². The number of nitrogens with zero attached hydrogens (tertiary/aromatic N) is 5. The minimum atomic E-state index is 0.237. The van der Waals surface area contributed by atoms with Gasteiger partial charge in [-0.05, 0) is 19.8 Å². The SMILES string of the molecule is CCc1nccn1CCC(=O)N1CCCC(c2nc(C)cn2C)C1. The fourth-order valence-corrected chi connectivity index (χ4v) is 3.66. The molecule has 1 fully saturated rings. The predicted molar refractivity (Wildman–Crippen MR) is 92.7 cm³/mol. The van der Waals surface area contributed by atoms with Crippen molar-refractivity contribution in [3.8, 4) is 0 Å². The summed E-state index contributed by atoms with van der Waals surface area (Å²) in [7, 11) is 2.04. The summed E-state index contributed by atoms with van der Waals surface area (Å²) in [5, 5.41) is 0. The first-order valence-electron chi connectivity index (χ1n) is 8.86. The fourth-order valence-electron chi connectivity index (χ4n) is 3.66. The Labute approximate surface area is 143 Å². The van der Waals surface area contributed by atoms with E-state index in [0.29, 0.717) is 18.9 Å². The number of carbonyl (C=O) groups is 1. The predicted octanol–water partition coefficient (Wildman–Crippen LogP) is 2.28. The number of amides is 1. The molecule has 0 spiro atoms. The van der Waals surface area contributed by atoms with Crippen LogP contribution in [0.4, 0.5) is 0 Å². The van der Waals surface area contributed by atoms with Crippen molar-refractivity contribution >= 4 is 5.91 Å². The van der Waals surface area contributed by atoms with Crippen LogP contribution in [0, 0.1) is 6.92 Å². The highest BCUT2D eigenvalue weighted by atomic mass is 16.2. The molecule has 1 unspecified atom stereocenters. The smallest absolute Gasteiger partial charge is 0.224 e. The van der Waals surface area contributed by atoms with Crippen LogP contribution >= 0.6 is 0 Å². The topological polar surface area (TPSA) is 56.0 Å². The van der Waals surface area contributed by atoms with Crippen LogP contribution in [-0.2, 0) is 24.8 Å². The molecule has 2 aromatic rings. The lowest BCUT2D eigenvalue weighted by molar-refractivity contribution is -0.132. The number of likely N-dealkylation sites (tertiary alicyclic amines) is 1. The molecule has 6 nitrogen and oxygen atoms in total. The summed E-state index contributed by atoms with van der Waals surface area (Å²) >= 11 is 0. The van der Waals surface area contributed by atoms with Crippen molar-refractivity contribution in [2.75, 3.05) is 13.1 Å². The first-order chi connectivity index (χ1) is 11.6. The quantitative estimate of drug-likeness (QED) is 0.846. The molecule has 130 valence electrons. The van der Waals surface area contributed by atoms with Crippen LogP contribution in [0.2, 0.25) is 0 Å². The lowest BCUT2D eigenvalue weighted by Gasteiger charge is -2.32. The Kier molecular flexibility index (Phi) is 5.02. The number of hydrogen-bond donors (Lipinski definition) is 0. The summed E-state index contributed by atoms with van der Waals surface area (Å²) in [6.07, 6.45) is 9.41. The van der Waals surface area contributed by atoms with Gasteiger partial charge in [0.05, 0.1) is 5.69 Å². The Balaban J connectivity index is 1.60. The number of aromatic nitrogens is 4. The van der Waals surface area contributed by atoms with Gasteiger partial charge in [0.25, 0.3) is 0 Å². The zero-order valence-electron chi connectivity index (χ0n) is 14.9. The van der Waals surface area contributed by atoms with E-state index in [9.17, 15) is 4.79 Å². The highest BCUT2D eigenvalue weighted by molar-refractivity contribution is 5.76. The first-order valence-corrected chi connectivity index (χ1v) is 8.86. The van der Waals surface area contributed by atoms with E-state index in [2.05, 4.69) is 32.2 Å². The van der Waals surface area contributed by atoms with Crippen LogP contribution in [0.1, 0.15) is 49.4 Å². The van der Waals surface area contributed by atoms with Crippen molar-refractivity contribution in [1.82, 2.24) is 24.0 Å². The molecular weight excluding hydrogens is 302 g/mol. The third-order valence-electron chi connectivity index (χ3n) is 4.86. The van der Waals surface area contributed by atoms with Gasteiger partial charge < -0.3 is 14.0 Å². The van der Waals surface area contributed by atoms with Crippen molar-refractivity contribution in [1.29, 1.82) is 0 Å². The van der Waals surface area contributed by atoms with Crippen molar-refractivity contribution in [2.45, 2.75) is 52.0 Å². The molecule has 0 aromatic carbocycles. The maximum Gasteiger partial charge on any atom is 0.224 e. The second kappa shape index (κ2) is 7.20. The van der Waals surface area contributed by atoms with Crippen molar-refractivity contribution in [2.24, 2.45) is 7.05 Å². The van der Waals surface area contributed by atoms with E-state index >= 15 is 0 Å². The Morgan fingerprint density at radius 3 is 2.96 bits per heavy atom. The molecule has 1 saturated heterocycles. The average molecular weight is 329 g/mol. The monoisotopic (exact) mass is 329 g/mol. The summed E-state index contributed by atoms with van der Waals surface area (Å²) in [5.74, 6) is 2.73. The van der Waals surface area contributed by atoms with Gasteiger partial charge in [0.2, 0.25) is 5.91 Å². The van der Waals surface area contributed by atoms with Crippen LogP contribution in [0.25, 0.3) is 0 Å². The molecule has 3 rings (SSSR count). The Morgan fingerprint density at radius 2 is 2.25 bits per heavy atom. The molecule has 0 bridgehead atoms. The summed E-state index contributed by atoms with van der Waals surface area (Å²) in [6, 6.07) is 0. The molecule has 2 aromatic heterocycles. The maximum atomic E-state index is 12.6. The maximum absolute atomic E-state index is 12.6. The lowest BCUT2D eigenvalue weighted by atomic mass is 9.97. The van der Waals surface area contributed by atoms with Gasteiger partial charge in [-0.25, -0.2) is 9.97 Å². The molecular formula is C18H27N5O. The van der Waals surface area contributed by atoms with E-state index in [1.807, 2.05) is 31.3 Å². The summed E-state index contributed by atoms with van der Waals surface area (Å²) in [5.41, 5.74) is 1.04. The lowest BCUT2D eigenvalue weighted by Crippen LogP contribution is -2.40. The van der Waals surface area contributed by atoms with Crippen LogP contribution in [-0.4, -0.2) is 43.0 Å². The van der Waals surface area contributed by atoms with E-state index in [-0.39, 0.29) is 5.91 Å². The molecule has 1 aliphatic rings. The third kappa shape index (κ3) is 3.52. The van der Waals surface area contributed by atoms with Crippen molar-refractivity contribution in [3.05, 3.63) is 35.9 Å². The van der Waals surface area contributed by atoms with Gasteiger partial charge in [0, 0.05) is 64.0 Å². The number of piperidine rings is 1. The summed E-state index contributed by atoms with van der Waals surface area (Å²) in [6.45, 7) is 6.47. The zero-order chi connectivity index (χ0) is 17.1. The number of imidazole rings is 2. The average Bonchev–Trinajstić information content (AvgIpc) is 3.18. The number of carbonyl (C=O) groups excluding carboxylic acids is 1. The van der Waals surface area contributed by atoms with Crippen LogP contribution in [0.15, 0.2) is 18.6 Å². The Morgan fingerprint density at radius 1 is 1.42 bits per heavy atom. The molecule has 24 heavy (non-hydrogen) atoms. The minimum Gasteiger partial charge on any atom is -0.342 e. The minimum absolute atomic E-state index is 0.237. The highest BCUT2D eigenvalue weighted by Gasteiger charge is 2.27. The third-order valence-corrected chi connectivity index (χ3v) is 4.86. The second-order valence-electron chi connectivity index (χ2n) is 6.67. The van der Waals surface area contributed by atoms with Crippen molar-refractivity contribution < 1.29 is 4.79 Å². The van der Waals surface area contributed by atoms with E-state index in [4.69, 9.17) is 0 Å². The number of rotatable bonds is 5. The fraction of sp³-hybridized carbons (Fsp3) is 0.611. The highest BCUT2D eigenvalue weighted by Crippen LogP contribution is 2.26. The molecule has 3 heterocycles. The number of hydrogen-bond acceptors (Lipinski definition) is 3. The zero-order valence-corrected chi connectivity index (χ0v) is 14.9. The second-order valence-corrected chi connectivity index (χ2v) is 6.67. The normalized spacial score (nSPS) is 18.1. The number of aryl methyl sites for hydroxylation is 4. The molecule has 0 N–H and O–H groups in total. The molecule has 1 amide bonds. The first kappa shape index (κ1) is 16.7. The van der Waals surface area contributed by atoms with Gasteiger partial charge in [-0.3, -0.25) is 4.79 Å². The largest absolute Gasteiger partial charge is 0.342 e. The molecule has 0 saturated carbocycles.